The molecule has 7 heteroatoms. The largest absolute Gasteiger partial charge is 0.472 e. The first-order valence-corrected chi connectivity index (χ1v) is 7.50. The second kappa shape index (κ2) is 6.67. The van der Waals surface area contributed by atoms with E-state index in [0.717, 1.165) is 4.90 Å². The van der Waals surface area contributed by atoms with Crippen molar-refractivity contribution in [3.05, 3.63) is 59.5 Å². The highest BCUT2D eigenvalue weighted by Gasteiger charge is 2.36. The normalized spacial score (nSPS) is 14.6. The maximum Gasteiger partial charge on any atom is 0.262 e. The van der Waals surface area contributed by atoms with Crippen molar-refractivity contribution in [2.24, 2.45) is 0 Å². The summed E-state index contributed by atoms with van der Waals surface area (Å²) in [6.45, 7) is -0.123. The molecular formula is C17H16N2O5. The minimum atomic E-state index is -0.747. The van der Waals surface area contributed by atoms with Crippen LogP contribution >= 0.6 is 0 Å². The number of aliphatic hydroxyl groups is 1. The molecule has 1 atom stereocenters. The number of rotatable bonds is 6. The summed E-state index contributed by atoms with van der Waals surface area (Å²) in [5, 5.41) is 12.5. The Morgan fingerprint density at radius 2 is 1.83 bits per heavy atom. The van der Waals surface area contributed by atoms with Gasteiger partial charge in [-0.1, -0.05) is 12.1 Å². The number of hydrogen-bond donors (Lipinski definition) is 2. The molecule has 1 aliphatic rings. The summed E-state index contributed by atoms with van der Waals surface area (Å²) in [6, 6.07) is 8.12. The second-order valence-electron chi connectivity index (χ2n) is 5.45. The van der Waals surface area contributed by atoms with Gasteiger partial charge < -0.3 is 14.8 Å². The van der Waals surface area contributed by atoms with Gasteiger partial charge in [-0.25, -0.2) is 0 Å². The van der Waals surface area contributed by atoms with Gasteiger partial charge in [0, 0.05) is 12.1 Å². The summed E-state index contributed by atoms with van der Waals surface area (Å²) in [4.78, 5) is 37.2. The maximum atomic E-state index is 12.2. The first kappa shape index (κ1) is 15.9. The van der Waals surface area contributed by atoms with Crippen LogP contribution in [-0.2, 0) is 4.79 Å². The summed E-state index contributed by atoms with van der Waals surface area (Å²) >= 11 is 0. The van der Waals surface area contributed by atoms with Crippen LogP contribution in [0.15, 0.2) is 47.3 Å². The SMILES string of the molecule is O=C(CN1C(=O)c2ccccc2C1=O)NCCC(O)c1ccoc1. The number of imide groups is 1. The minimum absolute atomic E-state index is 0.217. The van der Waals surface area contributed by atoms with E-state index in [0.29, 0.717) is 23.1 Å². The molecule has 0 radical (unpaired) electrons. The highest BCUT2D eigenvalue weighted by atomic mass is 16.3. The van der Waals surface area contributed by atoms with Gasteiger partial charge >= 0.3 is 0 Å². The van der Waals surface area contributed by atoms with Crippen LogP contribution in [0.2, 0.25) is 0 Å². The van der Waals surface area contributed by atoms with E-state index in [4.69, 9.17) is 4.42 Å². The molecule has 0 fully saturated rings. The van der Waals surface area contributed by atoms with Gasteiger partial charge in [0.2, 0.25) is 5.91 Å². The Kier molecular flexibility index (Phi) is 4.43. The van der Waals surface area contributed by atoms with Gasteiger partial charge in [-0.15, -0.1) is 0 Å². The lowest BCUT2D eigenvalue weighted by Gasteiger charge is -2.14. The van der Waals surface area contributed by atoms with E-state index < -0.39 is 23.8 Å². The standard InChI is InChI=1S/C17H16N2O5/c20-14(11-6-8-24-10-11)5-7-18-15(21)9-19-16(22)12-3-1-2-4-13(12)17(19)23/h1-4,6,8,10,14,20H,5,7,9H2,(H,18,21). The Labute approximate surface area is 137 Å². The Balaban J connectivity index is 1.51. The van der Waals surface area contributed by atoms with Crippen LogP contribution < -0.4 is 5.32 Å². The van der Waals surface area contributed by atoms with Crippen molar-refractivity contribution < 1.29 is 23.9 Å². The maximum absolute atomic E-state index is 12.2. The van der Waals surface area contributed by atoms with Crippen LogP contribution in [0.1, 0.15) is 38.8 Å². The van der Waals surface area contributed by atoms with Crippen LogP contribution in [-0.4, -0.2) is 40.8 Å². The van der Waals surface area contributed by atoms with Gasteiger partial charge in [0.25, 0.3) is 11.8 Å². The average molecular weight is 328 g/mol. The molecule has 7 nitrogen and oxygen atoms in total. The Bertz CT molecular complexity index is 734. The number of aliphatic hydroxyl groups excluding tert-OH is 1. The second-order valence-corrected chi connectivity index (χ2v) is 5.45. The molecule has 2 heterocycles. The fourth-order valence-electron chi connectivity index (χ4n) is 2.56. The molecule has 0 aliphatic carbocycles. The number of fused-ring (bicyclic) bond motifs is 1. The number of carbonyl (C=O) groups excluding carboxylic acids is 3. The van der Waals surface area contributed by atoms with E-state index in [-0.39, 0.29) is 13.1 Å². The van der Waals surface area contributed by atoms with Gasteiger partial charge in [-0.2, -0.15) is 0 Å². The molecule has 3 rings (SSSR count). The number of furan rings is 1. The van der Waals surface area contributed by atoms with E-state index in [1.54, 1.807) is 30.3 Å². The Hall–Kier alpha value is -2.93. The van der Waals surface area contributed by atoms with E-state index in [1.165, 1.54) is 12.5 Å². The zero-order valence-electron chi connectivity index (χ0n) is 12.8. The Morgan fingerprint density at radius 1 is 1.17 bits per heavy atom. The molecule has 2 aromatic rings. The highest BCUT2D eigenvalue weighted by Crippen LogP contribution is 2.22. The summed E-state index contributed by atoms with van der Waals surface area (Å²) < 4.78 is 4.88. The van der Waals surface area contributed by atoms with Crippen molar-refractivity contribution in [2.75, 3.05) is 13.1 Å². The summed E-state index contributed by atoms with van der Waals surface area (Å²) in [6.07, 6.45) is 2.45. The molecule has 0 saturated heterocycles. The molecule has 24 heavy (non-hydrogen) atoms. The van der Waals surface area contributed by atoms with Crippen LogP contribution in [0, 0.1) is 0 Å². The van der Waals surface area contributed by atoms with E-state index in [2.05, 4.69) is 5.32 Å². The lowest BCUT2D eigenvalue weighted by Crippen LogP contribution is -2.40. The van der Waals surface area contributed by atoms with Crippen molar-refractivity contribution in [3.8, 4) is 0 Å². The van der Waals surface area contributed by atoms with Gasteiger partial charge in [0.1, 0.15) is 6.54 Å². The Morgan fingerprint density at radius 3 is 2.42 bits per heavy atom. The van der Waals surface area contributed by atoms with Gasteiger partial charge in [0.15, 0.2) is 0 Å². The topological polar surface area (TPSA) is 99.9 Å². The van der Waals surface area contributed by atoms with Crippen LogP contribution in [0.3, 0.4) is 0 Å². The molecule has 2 N–H and O–H groups in total. The zero-order valence-corrected chi connectivity index (χ0v) is 12.8. The fourth-order valence-corrected chi connectivity index (χ4v) is 2.56. The van der Waals surface area contributed by atoms with E-state index in [1.807, 2.05) is 0 Å². The number of nitrogens with zero attached hydrogens (tertiary/aromatic N) is 1. The molecule has 0 bridgehead atoms. The van der Waals surface area contributed by atoms with Crippen LogP contribution in [0.4, 0.5) is 0 Å². The molecule has 1 aliphatic heterocycles. The van der Waals surface area contributed by atoms with Gasteiger partial charge in [-0.3, -0.25) is 19.3 Å². The fraction of sp³-hybridized carbons (Fsp3) is 0.235. The first-order valence-electron chi connectivity index (χ1n) is 7.50. The predicted octanol–water partition coefficient (Wildman–Crippen LogP) is 1.12. The molecule has 124 valence electrons. The number of hydrogen-bond acceptors (Lipinski definition) is 5. The smallest absolute Gasteiger partial charge is 0.262 e. The molecule has 1 aromatic heterocycles. The van der Waals surface area contributed by atoms with Crippen LogP contribution in [0.25, 0.3) is 0 Å². The van der Waals surface area contributed by atoms with E-state index in [9.17, 15) is 19.5 Å². The molecule has 0 saturated carbocycles. The third kappa shape index (κ3) is 3.07. The number of carbonyl (C=O) groups is 3. The molecule has 3 amide bonds. The molecule has 1 unspecified atom stereocenters. The third-order valence-electron chi connectivity index (χ3n) is 3.85. The highest BCUT2D eigenvalue weighted by molar-refractivity contribution is 6.22. The molecule has 0 spiro atoms. The lowest BCUT2D eigenvalue weighted by molar-refractivity contribution is -0.121. The van der Waals surface area contributed by atoms with Crippen molar-refractivity contribution in [1.29, 1.82) is 0 Å². The quantitative estimate of drug-likeness (QED) is 0.774. The van der Waals surface area contributed by atoms with Crippen LogP contribution in [0.5, 0.6) is 0 Å². The van der Waals surface area contributed by atoms with Crippen molar-refractivity contribution in [3.63, 3.8) is 0 Å². The first-order chi connectivity index (χ1) is 11.6. The van der Waals surface area contributed by atoms with Gasteiger partial charge in [0.05, 0.1) is 29.8 Å². The number of nitrogens with one attached hydrogen (secondary N) is 1. The summed E-state index contributed by atoms with van der Waals surface area (Å²) in [5.74, 6) is -1.39. The monoisotopic (exact) mass is 328 g/mol. The number of amides is 3. The summed E-state index contributed by atoms with van der Waals surface area (Å²) in [5.41, 5.74) is 1.25. The third-order valence-corrected chi connectivity index (χ3v) is 3.85. The van der Waals surface area contributed by atoms with Crippen molar-refractivity contribution in [1.82, 2.24) is 10.2 Å². The summed E-state index contributed by atoms with van der Waals surface area (Å²) in [7, 11) is 0. The molecular weight excluding hydrogens is 312 g/mol. The predicted molar refractivity (Wildman–Crippen MR) is 83.1 cm³/mol. The van der Waals surface area contributed by atoms with Gasteiger partial charge in [-0.05, 0) is 24.6 Å². The van der Waals surface area contributed by atoms with Crippen molar-refractivity contribution in [2.45, 2.75) is 12.5 Å². The van der Waals surface area contributed by atoms with E-state index >= 15 is 0 Å². The molecule has 1 aromatic carbocycles. The van der Waals surface area contributed by atoms with Crippen molar-refractivity contribution >= 4 is 17.7 Å². The lowest BCUT2D eigenvalue weighted by atomic mass is 10.1. The average Bonchev–Trinajstić information content (AvgIpc) is 3.19. The number of benzene rings is 1. The zero-order chi connectivity index (χ0) is 17.1. The minimum Gasteiger partial charge on any atom is -0.472 e.